The fourth-order valence-corrected chi connectivity index (χ4v) is 3.25. The summed E-state index contributed by atoms with van der Waals surface area (Å²) in [5.74, 6) is 3.68. The standard InChI is InChI=1S/C17H27NO2/c1-11-5-6-13(9-12(11)2)17(18)14-7-8-15(19-3)16(10-14)20-4/h7-8,10-13,17H,5-6,9,18H2,1-4H3. The van der Waals surface area contributed by atoms with Gasteiger partial charge in [-0.1, -0.05) is 26.3 Å². The first-order chi connectivity index (χ1) is 9.56. The van der Waals surface area contributed by atoms with Gasteiger partial charge in [0.05, 0.1) is 14.2 Å². The van der Waals surface area contributed by atoms with E-state index in [0.717, 1.165) is 28.9 Å². The van der Waals surface area contributed by atoms with E-state index in [9.17, 15) is 0 Å². The predicted octanol–water partition coefficient (Wildman–Crippen LogP) is 3.78. The van der Waals surface area contributed by atoms with Crippen LogP contribution in [0.5, 0.6) is 11.5 Å². The summed E-state index contributed by atoms with van der Waals surface area (Å²) in [6.45, 7) is 4.70. The van der Waals surface area contributed by atoms with Crippen molar-refractivity contribution in [2.75, 3.05) is 14.2 Å². The maximum atomic E-state index is 6.50. The van der Waals surface area contributed by atoms with Gasteiger partial charge in [0.1, 0.15) is 0 Å². The van der Waals surface area contributed by atoms with Gasteiger partial charge in [-0.15, -0.1) is 0 Å². The lowest BCUT2D eigenvalue weighted by Crippen LogP contribution is -2.29. The highest BCUT2D eigenvalue weighted by Crippen LogP contribution is 2.40. The van der Waals surface area contributed by atoms with Crippen LogP contribution in [0.4, 0.5) is 0 Å². The van der Waals surface area contributed by atoms with Crippen molar-refractivity contribution in [2.45, 2.75) is 39.2 Å². The number of hydrogen-bond acceptors (Lipinski definition) is 3. The monoisotopic (exact) mass is 277 g/mol. The highest BCUT2D eigenvalue weighted by molar-refractivity contribution is 5.43. The van der Waals surface area contributed by atoms with Gasteiger partial charge >= 0.3 is 0 Å². The Morgan fingerprint density at radius 2 is 1.75 bits per heavy atom. The van der Waals surface area contributed by atoms with Crippen molar-refractivity contribution in [3.63, 3.8) is 0 Å². The molecule has 4 unspecified atom stereocenters. The first kappa shape index (κ1) is 15.2. The molecular weight excluding hydrogens is 250 g/mol. The van der Waals surface area contributed by atoms with Gasteiger partial charge in [-0.25, -0.2) is 0 Å². The minimum absolute atomic E-state index is 0.0877. The molecule has 0 bridgehead atoms. The van der Waals surface area contributed by atoms with Crippen molar-refractivity contribution in [2.24, 2.45) is 23.5 Å². The van der Waals surface area contributed by atoms with E-state index < -0.39 is 0 Å². The van der Waals surface area contributed by atoms with Gasteiger partial charge in [0.15, 0.2) is 11.5 Å². The van der Waals surface area contributed by atoms with E-state index >= 15 is 0 Å². The van der Waals surface area contributed by atoms with Gasteiger partial charge in [-0.3, -0.25) is 0 Å². The fraction of sp³-hybridized carbons (Fsp3) is 0.647. The molecule has 1 aliphatic carbocycles. The van der Waals surface area contributed by atoms with Gasteiger partial charge in [0.2, 0.25) is 0 Å². The highest BCUT2D eigenvalue weighted by atomic mass is 16.5. The Hall–Kier alpha value is -1.22. The molecule has 0 saturated heterocycles. The molecule has 4 atom stereocenters. The van der Waals surface area contributed by atoms with Crippen LogP contribution < -0.4 is 15.2 Å². The summed E-state index contributed by atoms with van der Waals surface area (Å²) < 4.78 is 10.7. The van der Waals surface area contributed by atoms with Crippen molar-refractivity contribution in [1.82, 2.24) is 0 Å². The van der Waals surface area contributed by atoms with Crippen LogP contribution in [0.25, 0.3) is 0 Å². The second kappa shape index (κ2) is 6.49. The molecule has 1 fully saturated rings. The second-order valence-corrected chi connectivity index (χ2v) is 6.17. The molecule has 3 nitrogen and oxygen atoms in total. The Bertz CT molecular complexity index is 447. The average molecular weight is 277 g/mol. The molecule has 0 heterocycles. The van der Waals surface area contributed by atoms with Crippen LogP contribution in [0.1, 0.15) is 44.7 Å². The van der Waals surface area contributed by atoms with Gasteiger partial charge < -0.3 is 15.2 Å². The van der Waals surface area contributed by atoms with E-state index in [1.807, 2.05) is 12.1 Å². The van der Waals surface area contributed by atoms with Crippen LogP contribution in [0.15, 0.2) is 18.2 Å². The Morgan fingerprint density at radius 1 is 1.05 bits per heavy atom. The fourth-order valence-electron chi connectivity index (χ4n) is 3.25. The number of rotatable bonds is 4. The Balaban J connectivity index is 2.14. The SMILES string of the molecule is COc1ccc(C(N)C2CCC(C)C(C)C2)cc1OC. The largest absolute Gasteiger partial charge is 0.493 e. The molecule has 1 saturated carbocycles. The predicted molar refractivity (Wildman–Crippen MR) is 82.1 cm³/mol. The van der Waals surface area contributed by atoms with Crippen LogP contribution >= 0.6 is 0 Å². The molecular formula is C17H27NO2. The molecule has 1 aliphatic rings. The maximum absolute atomic E-state index is 6.50. The summed E-state index contributed by atoms with van der Waals surface area (Å²) in [5.41, 5.74) is 7.64. The summed E-state index contributed by atoms with van der Waals surface area (Å²) in [5, 5.41) is 0. The highest BCUT2D eigenvalue weighted by Gasteiger charge is 2.29. The Labute approximate surface area is 122 Å². The molecule has 0 amide bonds. The topological polar surface area (TPSA) is 44.5 Å². The van der Waals surface area contributed by atoms with Crippen LogP contribution in [0, 0.1) is 17.8 Å². The minimum atomic E-state index is 0.0877. The number of ether oxygens (including phenoxy) is 2. The Morgan fingerprint density at radius 3 is 2.35 bits per heavy atom. The molecule has 0 aliphatic heterocycles. The summed E-state index contributed by atoms with van der Waals surface area (Å²) in [6.07, 6.45) is 3.73. The summed E-state index contributed by atoms with van der Waals surface area (Å²) in [4.78, 5) is 0. The lowest BCUT2D eigenvalue weighted by molar-refractivity contribution is 0.186. The van der Waals surface area contributed by atoms with Crippen molar-refractivity contribution >= 4 is 0 Å². The lowest BCUT2D eigenvalue weighted by Gasteiger charge is -2.35. The number of methoxy groups -OCH3 is 2. The summed E-state index contributed by atoms with van der Waals surface area (Å²) in [7, 11) is 3.32. The normalized spacial score (nSPS) is 27.9. The molecule has 2 rings (SSSR count). The number of benzene rings is 1. The van der Waals surface area contributed by atoms with E-state index in [4.69, 9.17) is 15.2 Å². The number of nitrogens with two attached hydrogens (primary N) is 1. The van der Waals surface area contributed by atoms with Crippen molar-refractivity contribution in [1.29, 1.82) is 0 Å². The first-order valence-corrected chi connectivity index (χ1v) is 7.54. The van der Waals surface area contributed by atoms with Crippen molar-refractivity contribution in [3.8, 4) is 11.5 Å². The molecule has 0 spiro atoms. The summed E-state index contributed by atoms with van der Waals surface area (Å²) in [6, 6.07) is 6.12. The molecule has 112 valence electrons. The van der Waals surface area contributed by atoms with Crippen LogP contribution in [-0.4, -0.2) is 14.2 Å². The lowest BCUT2D eigenvalue weighted by atomic mass is 9.72. The zero-order valence-corrected chi connectivity index (χ0v) is 13.1. The third-order valence-electron chi connectivity index (χ3n) is 4.94. The molecule has 2 N–H and O–H groups in total. The smallest absolute Gasteiger partial charge is 0.161 e. The Kier molecular flexibility index (Phi) is 4.92. The average Bonchev–Trinajstić information content (AvgIpc) is 2.48. The summed E-state index contributed by atoms with van der Waals surface area (Å²) >= 11 is 0. The van der Waals surface area contributed by atoms with Crippen molar-refractivity contribution < 1.29 is 9.47 Å². The quantitative estimate of drug-likeness (QED) is 0.911. The minimum Gasteiger partial charge on any atom is -0.493 e. The van der Waals surface area contributed by atoms with E-state index in [0.29, 0.717) is 5.92 Å². The third-order valence-corrected chi connectivity index (χ3v) is 4.94. The third kappa shape index (κ3) is 3.09. The van der Waals surface area contributed by atoms with E-state index in [-0.39, 0.29) is 6.04 Å². The van der Waals surface area contributed by atoms with Crippen molar-refractivity contribution in [3.05, 3.63) is 23.8 Å². The first-order valence-electron chi connectivity index (χ1n) is 7.54. The maximum Gasteiger partial charge on any atom is 0.161 e. The molecule has 0 radical (unpaired) electrons. The zero-order chi connectivity index (χ0) is 14.7. The molecule has 1 aromatic rings. The van der Waals surface area contributed by atoms with E-state index in [2.05, 4.69) is 19.9 Å². The van der Waals surface area contributed by atoms with Gasteiger partial charge in [0, 0.05) is 6.04 Å². The van der Waals surface area contributed by atoms with Crippen LogP contribution in [-0.2, 0) is 0 Å². The van der Waals surface area contributed by atoms with E-state index in [1.165, 1.54) is 19.3 Å². The van der Waals surface area contributed by atoms with Crippen LogP contribution in [0.3, 0.4) is 0 Å². The van der Waals surface area contributed by atoms with Crippen LogP contribution in [0.2, 0.25) is 0 Å². The second-order valence-electron chi connectivity index (χ2n) is 6.17. The van der Waals surface area contributed by atoms with Gasteiger partial charge in [0.25, 0.3) is 0 Å². The number of hydrogen-bond donors (Lipinski definition) is 1. The molecule has 0 aromatic heterocycles. The van der Waals surface area contributed by atoms with Gasteiger partial charge in [-0.05, 0) is 48.3 Å². The molecule has 20 heavy (non-hydrogen) atoms. The zero-order valence-electron chi connectivity index (χ0n) is 13.1. The van der Waals surface area contributed by atoms with E-state index in [1.54, 1.807) is 14.2 Å². The molecule has 1 aromatic carbocycles. The molecule has 3 heteroatoms. The van der Waals surface area contributed by atoms with Gasteiger partial charge in [-0.2, -0.15) is 0 Å².